The van der Waals surface area contributed by atoms with Gasteiger partial charge in [0.2, 0.25) is 5.91 Å². The highest BCUT2D eigenvalue weighted by atomic mass is 16.4. The van der Waals surface area contributed by atoms with Crippen LogP contribution in [0.5, 0.6) is 5.75 Å². The minimum atomic E-state index is -1.05. The van der Waals surface area contributed by atoms with Gasteiger partial charge in [-0.25, -0.2) is 4.79 Å². The van der Waals surface area contributed by atoms with Crippen molar-refractivity contribution in [2.75, 3.05) is 0 Å². The molecule has 1 atom stereocenters. The molecule has 128 valence electrons. The van der Waals surface area contributed by atoms with Gasteiger partial charge in [0, 0.05) is 12.8 Å². The Kier molecular flexibility index (Phi) is 8.80. The first-order chi connectivity index (χ1) is 11.0. The van der Waals surface area contributed by atoms with E-state index in [4.69, 9.17) is 0 Å². The Morgan fingerprint density at radius 2 is 1.65 bits per heavy atom. The SMILES string of the molecule is CCCCCCCCC(=O)N[C@@H](Cc1ccc(O)cc1)C(=O)O. The fraction of sp³-hybridized carbons (Fsp3) is 0.556. The molecular formula is C18H27NO4. The number of aliphatic carboxylic acids is 1. The van der Waals surface area contributed by atoms with E-state index in [1.54, 1.807) is 12.1 Å². The number of unbranched alkanes of at least 4 members (excludes halogenated alkanes) is 5. The second kappa shape index (κ2) is 10.6. The van der Waals surface area contributed by atoms with E-state index in [2.05, 4.69) is 12.2 Å². The lowest BCUT2D eigenvalue weighted by Gasteiger charge is -2.14. The molecule has 1 amide bonds. The van der Waals surface area contributed by atoms with E-state index in [0.717, 1.165) is 24.8 Å². The van der Waals surface area contributed by atoms with Gasteiger partial charge in [0.25, 0.3) is 0 Å². The summed E-state index contributed by atoms with van der Waals surface area (Å²) in [5, 5.41) is 21.1. The zero-order chi connectivity index (χ0) is 17.1. The van der Waals surface area contributed by atoms with Crippen LogP contribution in [0.4, 0.5) is 0 Å². The Morgan fingerprint density at radius 1 is 1.04 bits per heavy atom. The maximum Gasteiger partial charge on any atom is 0.326 e. The Bertz CT molecular complexity index is 484. The van der Waals surface area contributed by atoms with Crippen LogP contribution in [0, 0.1) is 0 Å². The summed E-state index contributed by atoms with van der Waals surface area (Å²) < 4.78 is 0. The van der Waals surface area contributed by atoms with Crippen molar-refractivity contribution in [1.82, 2.24) is 5.32 Å². The van der Waals surface area contributed by atoms with E-state index in [9.17, 15) is 19.8 Å². The number of benzene rings is 1. The molecule has 1 aromatic rings. The molecule has 0 saturated carbocycles. The molecular weight excluding hydrogens is 294 g/mol. The fourth-order valence-corrected chi connectivity index (χ4v) is 2.40. The molecule has 3 N–H and O–H groups in total. The topological polar surface area (TPSA) is 86.6 Å². The Hall–Kier alpha value is -2.04. The summed E-state index contributed by atoms with van der Waals surface area (Å²) in [4.78, 5) is 23.2. The van der Waals surface area contributed by atoms with Gasteiger partial charge in [0.05, 0.1) is 0 Å². The maximum atomic E-state index is 11.9. The molecule has 0 aliphatic rings. The second-order valence-electron chi connectivity index (χ2n) is 5.85. The molecule has 0 saturated heterocycles. The molecule has 23 heavy (non-hydrogen) atoms. The lowest BCUT2D eigenvalue weighted by atomic mass is 10.1. The van der Waals surface area contributed by atoms with Crippen LogP contribution in [-0.2, 0) is 16.0 Å². The summed E-state index contributed by atoms with van der Waals surface area (Å²) in [6.07, 6.45) is 7.10. The van der Waals surface area contributed by atoms with Crippen LogP contribution in [0.1, 0.15) is 57.4 Å². The van der Waals surface area contributed by atoms with Crippen LogP contribution in [0.2, 0.25) is 0 Å². The van der Waals surface area contributed by atoms with Gasteiger partial charge in [-0.2, -0.15) is 0 Å². The first-order valence-corrected chi connectivity index (χ1v) is 8.33. The third-order valence-corrected chi connectivity index (χ3v) is 3.77. The number of phenols is 1. The summed E-state index contributed by atoms with van der Waals surface area (Å²) in [5.74, 6) is -1.13. The number of carboxylic acid groups (broad SMARTS) is 1. The van der Waals surface area contributed by atoms with Gasteiger partial charge in [-0.1, -0.05) is 51.2 Å². The molecule has 5 nitrogen and oxygen atoms in total. The summed E-state index contributed by atoms with van der Waals surface area (Å²) >= 11 is 0. The van der Waals surface area contributed by atoms with E-state index in [0.29, 0.717) is 6.42 Å². The molecule has 0 heterocycles. The van der Waals surface area contributed by atoms with Gasteiger partial charge in [0.15, 0.2) is 0 Å². The summed E-state index contributed by atoms with van der Waals surface area (Å²) in [6.45, 7) is 2.16. The number of carbonyl (C=O) groups excluding carboxylic acids is 1. The van der Waals surface area contributed by atoms with Gasteiger partial charge in [0.1, 0.15) is 11.8 Å². The number of phenolic OH excluding ortho intramolecular Hbond substituents is 1. The van der Waals surface area contributed by atoms with Crippen LogP contribution in [-0.4, -0.2) is 28.1 Å². The molecule has 0 unspecified atom stereocenters. The van der Waals surface area contributed by atoms with Crippen molar-refractivity contribution in [3.05, 3.63) is 29.8 Å². The molecule has 5 heteroatoms. The molecule has 0 spiro atoms. The van der Waals surface area contributed by atoms with E-state index < -0.39 is 12.0 Å². The Balaban J connectivity index is 2.35. The maximum absolute atomic E-state index is 11.9. The largest absolute Gasteiger partial charge is 0.508 e. The van der Waals surface area contributed by atoms with E-state index >= 15 is 0 Å². The van der Waals surface area contributed by atoms with E-state index in [-0.39, 0.29) is 18.1 Å². The van der Waals surface area contributed by atoms with Gasteiger partial charge >= 0.3 is 5.97 Å². The molecule has 1 rings (SSSR count). The lowest BCUT2D eigenvalue weighted by molar-refractivity contribution is -0.141. The van der Waals surface area contributed by atoms with Crippen molar-refractivity contribution >= 4 is 11.9 Å². The van der Waals surface area contributed by atoms with Crippen molar-refractivity contribution in [3.63, 3.8) is 0 Å². The van der Waals surface area contributed by atoms with E-state index in [1.807, 2.05) is 0 Å². The van der Waals surface area contributed by atoms with Gasteiger partial charge in [-0.3, -0.25) is 4.79 Å². The van der Waals surface area contributed by atoms with Crippen LogP contribution < -0.4 is 5.32 Å². The molecule has 0 aliphatic carbocycles. The monoisotopic (exact) mass is 321 g/mol. The predicted octanol–water partition coefficient (Wildman–Crippen LogP) is 3.25. The van der Waals surface area contributed by atoms with Crippen molar-refractivity contribution in [2.45, 2.75) is 64.3 Å². The third kappa shape index (κ3) is 8.24. The van der Waals surface area contributed by atoms with Gasteiger partial charge in [-0.15, -0.1) is 0 Å². The number of hydrogen-bond acceptors (Lipinski definition) is 3. The van der Waals surface area contributed by atoms with Crippen molar-refractivity contribution < 1.29 is 19.8 Å². The van der Waals surface area contributed by atoms with Crippen molar-refractivity contribution in [1.29, 1.82) is 0 Å². The zero-order valence-electron chi connectivity index (χ0n) is 13.8. The highest BCUT2D eigenvalue weighted by molar-refractivity contribution is 5.83. The molecule has 0 radical (unpaired) electrons. The average Bonchev–Trinajstić information content (AvgIpc) is 2.52. The smallest absolute Gasteiger partial charge is 0.326 e. The molecule has 0 fully saturated rings. The number of amides is 1. The van der Waals surface area contributed by atoms with Gasteiger partial charge < -0.3 is 15.5 Å². The highest BCUT2D eigenvalue weighted by Crippen LogP contribution is 2.12. The fourth-order valence-electron chi connectivity index (χ4n) is 2.40. The van der Waals surface area contributed by atoms with Gasteiger partial charge in [-0.05, 0) is 24.1 Å². The molecule has 1 aromatic carbocycles. The molecule has 0 bridgehead atoms. The first kappa shape index (κ1) is 19.0. The summed E-state index contributed by atoms with van der Waals surface area (Å²) in [7, 11) is 0. The summed E-state index contributed by atoms with van der Waals surface area (Å²) in [5.41, 5.74) is 0.759. The number of rotatable bonds is 11. The average molecular weight is 321 g/mol. The minimum absolute atomic E-state index is 0.132. The minimum Gasteiger partial charge on any atom is -0.508 e. The standard InChI is InChI=1S/C18H27NO4/c1-2-3-4-5-6-7-8-17(21)19-16(18(22)23)13-14-9-11-15(20)12-10-14/h9-12,16,20H,2-8,13H2,1H3,(H,19,21)(H,22,23)/t16-/m0/s1. The normalized spacial score (nSPS) is 11.9. The molecule has 0 aromatic heterocycles. The highest BCUT2D eigenvalue weighted by Gasteiger charge is 2.20. The Morgan fingerprint density at radius 3 is 2.26 bits per heavy atom. The number of hydrogen-bond donors (Lipinski definition) is 3. The number of nitrogens with one attached hydrogen (secondary N) is 1. The molecule has 0 aliphatic heterocycles. The first-order valence-electron chi connectivity index (χ1n) is 8.33. The summed E-state index contributed by atoms with van der Waals surface area (Å²) in [6, 6.07) is 5.39. The van der Waals surface area contributed by atoms with Crippen LogP contribution in [0.3, 0.4) is 0 Å². The Labute approximate surface area is 137 Å². The predicted molar refractivity (Wildman–Crippen MR) is 89.4 cm³/mol. The van der Waals surface area contributed by atoms with Crippen molar-refractivity contribution in [3.8, 4) is 5.75 Å². The zero-order valence-corrected chi connectivity index (χ0v) is 13.8. The number of carbonyl (C=O) groups is 2. The quantitative estimate of drug-likeness (QED) is 0.546. The number of aromatic hydroxyl groups is 1. The third-order valence-electron chi connectivity index (χ3n) is 3.77. The van der Waals surface area contributed by atoms with Crippen LogP contribution in [0.15, 0.2) is 24.3 Å². The lowest BCUT2D eigenvalue weighted by Crippen LogP contribution is -2.42. The van der Waals surface area contributed by atoms with Crippen molar-refractivity contribution in [2.24, 2.45) is 0 Å². The van der Waals surface area contributed by atoms with Crippen LogP contribution in [0.25, 0.3) is 0 Å². The number of carboxylic acids is 1. The van der Waals surface area contributed by atoms with E-state index in [1.165, 1.54) is 31.4 Å². The van der Waals surface area contributed by atoms with Crippen LogP contribution >= 0.6 is 0 Å². The second-order valence-corrected chi connectivity index (χ2v) is 5.85.